The molecule has 29 heavy (non-hydrogen) atoms. The third kappa shape index (κ3) is 5.55. The zero-order chi connectivity index (χ0) is 20.9. The molecule has 0 radical (unpaired) electrons. The fraction of sp³-hybridized carbons (Fsp3) is 0.600. The second-order valence-corrected chi connectivity index (χ2v) is 9.38. The zero-order valence-corrected chi connectivity index (χ0v) is 17.5. The average molecular weight is 425 g/mol. The molecule has 2 fully saturated rings. The minimum absolute atomic E-state index is 0.0699. The van der Waals surface area contributed by atoms with Gasteiger partial charge in [0.25, 0.3) is 5.91 Å². The summed E-state index contributed by atoms with van der Waals surface area (Å²) in [5, 5.41) is 2.88. The van der Waals surface area contributed by atoms with E-state index in [4.69, 9.17) is 9.47 Å². The first-order chi connectivity index (χ1) is 13.9. The van der Waals surface area contributed by atoms with Crippen molar-refractivity contribution < 1.29 is 27.5 Å². The number of sulfonamides is 1. The summed E-state index contributed by atoms with van der Waals surface area (Å²) in [5.41, 5.74) is 0.649. The Kier molecular flexibility index (Phi) is 7.26. The second kappa shape index (κ2) is 9.69. The maximum absolute atomic E-state index is 12.9. The van der Waals surface area contributed by atoms with Gasteiger partial charge in [0, 0.05) is 19.1 Å². The summed E-state index contributed by atoms with van der Waals surface area (Å²) in [6, 6.07) is 4.54. The molecule has 0 atom stereocenters. The predicted molar refractivity (Wildman–Crippen MR) is 106 cm³/mol. The van der Waals surface area contributed by atoms with Gasteiger partial charge in [0.1, 0.15) is 0 Å². The highest BCUT2D eigenvalue weighted by atomic mass is 32.2. The number of carbonyl (C=O) groups excluding carboxylic acids is 2. The summed E-state index contributed by atoms with van der Waals surface area (Å²) in [6.07, 6.45) is 5.26. The van der Waals surface area contributed by atoms with Crippen LogP contribution in [-0.2, 0) is 24.3 Å². The summed E-state index contributed by atoms with van der Waals surface area (Å²) >= 11 is 0. The minimum Gasteiger partial charge on any atom is -0.452 e. The number of carbonyl (C=O) groups is 2. The number of aryl methyl sites for hydroxylation is 1. The molecule has 0 aromatic heterocycles. The molecule has 160 valence electrons. The number of nitrogens with one attached hydrogen (secondary N) is 1. The number of benzene rings is 1. The molecule has 0 unspecified atom stereocenters. The molecule has 1 amide bonds. The van der Waals surface area contributed by atoms with E-state index in [0.717, 1.165) is 25.7 Å². The highest BCUT2D eigenvalue weighted by Gasteiger charge is 2.28. The molecule has 9 heteroatoms. The summed E-state index contributed by atoms with van der Waals surface area (Å²) in [4.78, 5) is 24.5. The standard InChI is InChI=1S/C20H28N2O6S/c1-15-7-8-16(13-18(15)29(25,26)22-9-11-27-12-10-22)20(24)28-14-19(23)21-17-5-3-2-4-6-17/h7-8,13,17H,2-6,9-12,14H2,1H3,(H,21,23). The van der Waals surface area contributed by atoms with Gasteiger partial charge in [0.15, 0.2) is 6.61 Å². The van der Waals surface area contributed by atoms with Crippen LogP contribution in [0.15, 0.2) is 23.1 Å². The monoisotopic (exact) mass is 424 g/mol. The van der Waals surface area contributed by atoms with Crippen LogP contribution in [0.4, 0.5) is 0 Å². The van der Waals surface area contributed by atoms with Crippen molar-refractivity contribution in [3.63, 3.8) is 0 Å². The van der Waals surface area contributed by atoms with Crippen LogP contribution in [0.1, 0.15) is 48.0 Å². The molecule has 3 rings (SSSR count). The number of morpholine rings is 1. The van der Waals surface area contributed by atoms with Crippen molar-refractivity contribution in [3.05, 3.63) is 29.3 Å². The first kappa shape index (κ1) is 21.7. The predicted octanol–water partition coefficient (Wildman–Crippen LogP) is 1.62. The minimum atomic E-state index is -3.73. The van der Waals surface area contributed by atoms with Crippen molar-refractivity contribution >= 4 is 21.9 Å². The molecule has 1 aromatic rings. The number of amides is 1. The van der Waals surface area contributed by atoms with E-state index in [9.17, 15) is 18.0 Å². The molecule has 2 aliphatic rings. The van der Waals surface area contributed by atoms with E-state index >= 15 is 0 Å². The Morgan fingerprint density at radius 2 is 1.86 bits per heavy atom. The van der Waals surface area contributed by atoms with Crippen molar-refractivity contribution in [1.29, 1.82) is 0 Å². The van der Waals surface area contributed by atoms with Gasteiger partial charge < -0.3 is 14.8 Å². The summed E-state index contributed by atoms with van der Waals surface area (Å²) in [6.45, 7) is 2.54. The smallest absolute Gasteiger partial charge is 0.338 e. The molecule has 1 aliphatic carbocycles. The van der Waals surface area contributed by atoms with Crippen LogP contribution in [-0.4, -0.2) is 63.6 Å². The van der Waals surface area contributed by atoms with Crippen LogP contribution >= 0.6 is 0 Å². The van der Waals surface area contributed by atoms with Gasteiger partial charge in [-0.05, 0) is 37.5 Å². The number of nitrogens with zero attached hydrogens (tertiary/aromatic N) is 1. The summed E-state index contributed by atoms with van der Waals surface area (Å²) in [7, 11) is -3.73. The van der Waals surface area contributed by atoms with Crippen LogP contribution < -0.4 is 5.32 Å². The summed E-state index contributed by atoms with van der Waals surface area (Å²) in [5.74, 6) is -1.05. The van der Waals surface area contributed by atoms with Gasteiger partial charge in [-0.1, -0.05) is 25.3 Å². The average Bonchev–Trinajstić information content (AvgIpc) is 2.73. The lowest BCUT2D eigenvalue weighted by molar-refractivity contribution is -0.125. The quantitative estimate of drug-likeness (QED) is 0.697. The molecule has 0 spiro atoms. The van der Waals surface area contributed by atoms with Gasteiger partial charge in [-0.2, -0.15) is 4.31 Å². The first-order valence-corrected chi connectivity index (χ1v) is 11.5. The Morgan fingerprint density at radius 1 is 1.17 bits per heavy atom. The van der Waals surface area contributed by atoms with E-state index in [1.165, 1.54) is 22.9 Å². The molecule has 1 aromatic carbocycles. The van der Waals surface area contributed by atoms with Crippen LogP contribution in [0.2, 0.25) is 0 Å². The highest BCUT2D eigenvalue weighted by Crippen LogP contribution is 2.23. The molecule has 1 saturated heterocycles. The second-order valence-electron chi connectivity index (χ2n) is 7.48. The Morgan fingerprint density at radius 3 is 2.55 bits per heavy atom. The molecular weight excluding hydrogens is 396 g/mol. The van der Waals surface area contributed by atoms with E-state index in [-0.39, 0.29) is 42.1 Å². The summed E-state index contributed by atoms with van der Waals surface area (Å²) < 4.78 is 37.5. The van der Waals surface area contributed by atoms with Gasteiger partial charge in [-0.3, -0.25) is 4.79 Å². The lowest BCUT2D eigenvalue weighted by Crippen LogP contribution is -2.40. The highest BCUT2D eigenvalue weighted by molar-refractivity contribution is 7.89. The molecule has 1 aliphatic heterocycles. The van der Waals surface area contributed by atoms with Crippen molar-refractivity contribution in [2.45, 2.75) is 50.0 Å². The first-order valence-electron chi connectivity index (χ1n) is 10.0. The van der Waals surface area contributed by atoms with E-state index in [0.29, 0.717) is 18.8 Å². The molecule has 0 bridgehead atoms. The lowest BCUT2D eigenvalue weighted by atomic mass is 9.95. The fourth-order valence-corrected chi connectivity index (χ4v) is 5.32. The van der Waals surface area contributed by atoms with Gasteiger partial charge in [-0.25, -0.2) is 13.2 Å². The zero-order valence-electron chi connectivity index (χ0n) is 16.7. The van der Waals surface area contributed by atoms with Crippen LogP contribution in [0.3, 0.4) is 0 Å². The van der Waals surface area contributed by atoms with Crippen LogP contribution in [0.25, 0.3) is 0 Å². The molecule has 8 nitrogen and oxygen atoms in total. The topological polar surface area (TPSA) is 102 Å². The number of hydrogen-bond acceptors (Lipinski definition) is 6. The number of rotatable bonds is 6. The van der Waals surface area contributed by atoms with Gasteiger partial charge in [-0.15, -0.1) is 0 Å². The van der Waals surface area contributed by atoms with Crippen LogP contribution in [0.5, 0.6) is 0 Å². The number of ether oxygens (including phenoxy) is 2. The Balaban J connectivity index is 1.63. The maximum Gasteiger partial charge on any atom is 0.338 e. The lowest BCUT2D eigenvalue weighted by Gasteiger charge is -2.26. The van der Waals surface area contributed by atoms with E-state index in [1.54, 1.807) is 13.0 Å². The third-order valence-corrected chi connectivity index (χ3v) is 7.36. The van der Waals surface area contributed by atoms with Crippen molar-refractivity contribution in [1.82, 2.24) is 9.62 Å². The fourth-order valence-electron chi connectivity index (χ4n) is 3.66. The van der Waals surface area contributed by atoms with E-state index in [1.807, 2.05) is 0 Å². The maximum atomic E-state index is 12.9. The van der Waals surface area contributed by atoms with Gasteiger partial charge >= 0.3 is 5.97 Å². The van der Waals surface area contributed by atoms with Crippen molar-refractivity contribution in [2.75, 3.05) is 32.9 Å². The Labute approximate surface area is 171 Å². The SMILES string of the molecule is Cc1ccc(C(=O)OCC(=O)NC2CCCCC2)cc1S(=O)(=O)N1CCOCC1. The third-order valence-electron chi connectivity index (χ3n) is 5.32. The number of hydrogen-bond donors (Lipinski definition) is 1. The molecular formula is C20H28N2O6S. The van der Waals surface area contributed by atoms with Crippen molar-refractivity contribution in [3.8, 4) is 0 Å². The Bertz CT molecular complexity index is 843. The number of esters is 1. The normalized spacial score (nSPS) is 18.9. The van der Waals surface area contributed by atoms with Gasteiger partial charge in [0.2, 0.25) is 10.0 Å². The molecule has 1 heterocycles. The van der Waals surface area contributed by atoms with E-state index in [2.05, 4.69) is 5.32 Å². The molecule has 1 saturated carbocycles. The van der Waals surface area contributed by atoms with Crippen molar-refractivity contribution in [2.24, 2.45) is 0 Å². The van der Waals surface area contributed by atoms with Crippen LogP contribution in [0, 0.1) is 6.92 Å². The van der Waals surface area contributed by atoms with Gasteiger partial charge in [0.05, 0.1) is 23.7 Å². The largest absolute Gasteiger partial charge is 0.452 e. The molecule has 1 N–H and O–H groups in total. The van der Waals surface area contributed by atoms with E-state index < -0.39 is 16.0 Å². The Hall–Kier alpha value is -1.97.